The summed E-state index contributed by atoms with van der Waals surface area (Å²) in [6.45, 7) is 15.7. The lowest BCUT2D eigenvalue weighted by atomic mass is 10.1. The smallest absolute Gasteiger partial charge is 0.211 e. The molecule has 0 aromatic carbocycles. The van der Waals surface area contributed by atoms with Gasteiger partial charge in [0.1, 0.15) is 17.4 Å². The maximum Gasteiger partial charge on any atom is 0.211 e. The first-order valence-corrected chi connectivity index (χ1v) is 10.9. The molecule has 7 heteroatoms. The van der Waals surface area contributed by atoms with E-state index in [4.69, 9.17) is 5.73 Å². The number of Topliss-reactive ketones (excluding diaryl/α,β-unsaturated/α-hetero) is 1. The summed E-state index contributed by atoms with van der Waals surface area (Å²) in [6, 6.07) is 0. The van der Waals surface area contributed by atoms with Crippen molar-refractivity contribution in [2.75, 3.05) is 6.54 Å². The zero-order valence-corrected chi connectivity index (χ0v) is 20.3. The van der Waals surface area contributed by atoms with Crippen molar-refractivity contribution in [1.29, 1.82) is 0 Å². The molecule has 0 spiro atoms. The first-order valence-electron chi connectivity index (χ1n) is 10.9. The van der Waals surface area contributed by atoms with E-state index >= 15 is 0 Å². The van der Waals surface area contributed by atoms with Crippen molar-refractivity contribution < 1.29 is 9.59 Å². The summed E-state index contributed by atoms with van der Waals surface area (Å²) in [6.07, 6.45) is 12.5. The fraction of sp³-hybridized carbons (Fsp3) is 0.400. The molecular formula is C25H39N5O2. The number of amidine groups is 1. The molecule has 32 heavy (non-hydrogen) atoms. The third-order valence-corrected chi connectivity index (χ3v) is 4.27. The van der Waals surface area contributed by atoms with E-state index in [2.05, 4.69) is 41.4 Å². The molecule has 0 aromatic rings. The number of hydrogen-bond acceptors (Lipinski definition) is 5. The number of nitrogens with two attached hydrogens (primary N) is 1. The number of ketones is 1. The molecule has 1 amide bonds. The fourth-order valence-corrected chi connectivity index (χ4v) is 2.36. The van der Waals surface area contributed by atoms with Crippen LogP contribution in [0.4, 0.5) is 0 Å². The van der Waals surface area contributed by atoms with Crippen LogP contribution in [-0.4, -0.2) is 24.6 Å². The molecule has 5 N–H and O–H groups in total. The summed E-state index contributed by atoms with van der Waals surface area (Å²) in [5, 5.41) is 8.91. The third kappa shape index (κ3) is 11.2. The molecule has 7 nitrogen and oxygen atoms in total. The minimum atomic E-state index is -0.261. The Morgan fingerprint density at radius 3 is 2.31 bits per heavy atom. The van der Waals surface area contributed by atoms with E-state index in [1.807, 2.05) is 25.2 Å². The van der Waals surface area contributed by atoms with Gasteiger partial charge in [-0.05, 0) is 69.9 Å². The molecule has 0 aliphatic rings. The number of amides is 1. The van der Waals surface area contributed by atoms with E-state index in [0.29, 0.717) is 40.6 Å². The highest BCUT2D eigenvalue weighted by Crippen LogP contribution is 2.10. The van der Waals surface area contributed by atoms with Crippen molar-refractivity contribution >= 4 is 18.0 Å². The molecule has 176 valence electrons. The highest BCUT2D eigenvalue weighted by molar-refractivity contribution is 6.08. The molecule has 0 bridgehead atoms. The molecule has 0 heterocycles. The van der Waals surface area contributed by atoms with Crippen LogP contribution in [0.3, 0.4) is 0 Å². The van der Waals surface area contributed by atoms with Gasteiger partial charge >= 0.3 is 0 Å². The average molecular weight is 442 g/mol. The number of allylic oxidation sites excluding steroid dienone is 7. The predicted octanol–water partition coefficient (Wildman–Crippen LogP) is 4.10. The van der Waals surface area contributed by atoms with Gasteiger partial charge in [0.15, 0.2) is 0 Å². The van der Waals surface area contributed by atoms with Gasteiger partial charge in [-0.2, -0.15) is 0 Å². The van der Waals surface area contributed by atoms with Gasteiger partial charge in [-0.15, -0.1) is 0 Å². The maximum atomic E-state index is 13.0. The van der Waals surface area contributed by atoms with Gasteiger partial charge in [0.05, 0.1) is 0 Å². The maximum absolute atomic E-state index is 13.0. The molecule has 0 rings (SSSR count). The van der Waals surface area contributed by atoms with E-state index in [1.165, 1.54) is 0 Å². The Balaban J connectivity index is 5.71. The number of aliphatic imine (C=N–C) groups is 1. The van der Waals surface area contributed by atoms with E-state index in [9.17, 15) is 9.59 Å². The minimum Gasteiger partial charge on any atom is -0.400 e. The summed E-state index contributed by atoms with van der Waals surface area (Å²) in [5.41, 5.74) is 8.29. The second-order valence-electron chi connectivity index (χ2n) is 7.24. The van der Waals surface area contributed by atoms with Gasteiger partial charge in [0, 0.05) is 17.9 Å². The molecule has 0 fully saturated rings. The first kappa shape index (κ1) is 28.6. The highest BCUT2D eigenvalue weighted by atomic mass is 16.1. The summed E-state index contributed by atoms with van der Waals surface area (Å²) in [4.78, 5) is 28.4. The normalized spacial score (nSPS) is 14.2. The Morgan fingerprint density at radius 2 is 1.81 bits per heavy atom. The van der Waals surface area contributed by atoms with Crippen LogP contribution in [0.2, 0.25) is 0 Å². The van der Waals surface area contributed by atoms with E-state index < -0.39 is 0 Å². The number of nitrogens with zero attached hydrogens (tertiary/aromatic N) is 1. The first-order chi connectivity index (χ1) is 15.2. The molecule has 0 aromatic heterocycles. The van der Waals surface area contributed by atoms with Crippen LogP contribution in [0, 0.1) is 0 Å². The predicted molar refractivity (Wildman–Crippen MR) is 134 cm³/mol. The van der Waals surface area contributed by atoms with E-state index in [1.54, 1.807) is 32.9 Å². The Labute approximate surface area is 193 Å². The van der Waals surface area contributed by atoms with Crippen molar-refractivity contribution in [3.63, 3.8) is 0 Å². The van der Waals surface area contributed by atoms with Gasteiger partial charge < -0.3 is 21.7 Å². The molecular weight excluding hydrogens is 402 g/mol. The Morgan fingerprint density at radius 1 is 1.12 bits per heavy atom. The van der Waals surface area contributed by atoms with Crippen molar-refractivity contribution in [1.82, 2.24) is 16.0 Å². The molecule has 0 saturated heterocycles. The SMILES string of the molecule is C=C(C)/C(=C\C=C(/C)C(=O)/C(N/C(=C/C)NC(/C=C/CC)=NCCCC)=C(/C)N)NC=O. The van der Waals surface area contributed by atoms with Gasteiger partial charge in [0.2, 0.25) is 12.2 Å². The van der Waals surface area contributed by atoms with E-state index in [-0.39, 0.29) is 11.5 Å². The van der Waals surface area contributed by atoms with Crippen molar-refractivity contribution in [2.24, 2.45) is 10.7 Å². The Kier molecular flexibility index (Phi) is 14.6. The lowest BCUT2D eigenvalue weighted by molar-refractivity contribution is -0.112. The molecule has 0 atom stereocenters. The second kappa shape index (κ2) is 16.4. The Hall–Kier alpha value is -3.35. The number of carbonyl (C=O) groups is 2. The summed E-state index contributed by atoms with van der Waals surface area (Å²) >= 11 is 0. The number of rotatable bonds is 14. The number of unbranched alkanes of at least 4 members (excludes halogenated alkanes) is 1. The largest absolute Gasteiger partial charge is 0.400 e. The monoisotopic (exact) mass is 441 g/mol. The number of nitrogens with one attached hydrogen (secondary N) is 3. The lowest BCUT2D eigenvalue weighted by Crippen LogP contribution is -2.34. The summed E-state index contributed by atoms with van der Waals surface area (Å²) in [7, 11) is 0. The van der Waals surface area contributed by atoms with Crippen molar-refractivity contribution in [3.8, 4) is 0 Å². The molecule has 0 unspecified atom stereocenters. The summed E-state index contributed by atoms with van der Waals surface area (Å²) in [5.74, 6) is 1.05. The van der Waals surface area contributed by atoms with Crippen LogP contribution in [-0.2, 0) is 9.59 Å². The summed E-state index contributed by atoms with van der Waals surface area (Å²) < 4.78 is 0. The van der Waals surface area contributed by atoms with Crippen LogP contribution in [0.25, 0.3) is 0 Å². The third-order valence-electron chi connectivity index (χ3n) is 4.27. The van der Waals surface area contributed by atoms with Gasteiger partial charge in [-0.3, -0.25) is 14.6 Å². The zero-order valence-electron chi connectivity index (χ0n) is 20.3. The zero-order chi connectivity index (χ0) is 24.5. The van der Waals surface area contributed by atoms with Crippen LogP contribution < -0.4 is 21.7 Å². The van der Waals surface area contributed by atoms with Gasteiger partial charge in [0.25, 0.3) is 0 Å². The molecule has 0 saturated carbocycles. The van der Waals surface area contributed by atoms with E-state index in [0.717, 1.165) is 25.8 Å². The quantitative estimate of drug-likeness (QED) is 0.0810. The molecule has 0 radical (unpaired) electrons. The van der Waals surface area contributed by atoms with Gasteiger partial charge in [-0.1, -0.05) is 39.0 Å². The fourth-order valence-electron chi connectivity index (χ4n) is 2.36. The topological polar surface area (TPSA) is 109 Å². The molecule has 0 aliphatic heterocycles. The Bertz CT molecular complexity index is 838. The highest BCUT2D eigenvalue weighted by Gasteiger charge is 2.15. The number of hydrogen-bond donors (Lipinski definition) is 4. The average Bonchev–Trinajstić information content (AvgIpc) is 2.76. The van der Waals surface area contributed by atoms with Gasteiger partial charge in [-0.25, -0.2) is 0 Å². The standard InChI is InChI=1S/C25H39N5O2/c1-8-11-13-23(27-16-12-9-2)29-22(10-3)30-24(20(7)26)25(32)19(6)14-15-21(18(4)5)28-17-31/h10-11,13-15,17,30H,4,8-9,12,16,26H2,1-3,5-7H3,(H,27,29)(H,28,31)/b13-11+,19-14+,21-15+,22-10+,24-20+. The van der Waals surface area contributed by atoms with Crippen LogP contribution in [0.15, 0.2) is 76.0 Å². The molecule has 0 aliphatic carbocycles. The second-order valence-corrected chi connectivity index (χ2v) is 7.24. The van der Waals surface area contributed by atoms with Crippen LogP contribution >= 0.6 is 0 Å². The van der Waals surface area contributed by atoms with Crippen LogP contribution in [0.5, 0.6) is 0 Å². The van der Waals surface area contributed by atoms with Crippen LogP contribution in [0.1, 0.15) is 60.8 Å². The van der Waals surface area contributed by atoms with Crippen molar-refractivity contribution in [3.05, 3.63) is 71.0 Å². The lowest BCUT2D eigenvalue weighted by Gasteiger charge is -2.17. The number of carbonyl (C=O) groups excluding carboxylic acids is 2. The minimum absolute atomic E-state index is 0.261. The van der Waals surface area contributed by atoms with Crippen molar-refractivity contribution in [2.45, 2.75) is 60.8 Å².